The monoisotopic (exact) mass is 182 g/mol. The number of Topliss-reactive ketones (excluding diaryl/α,β-unsaturated/α-hetero) is 1. The Morgan fingerprint density at radius 3 is 2.86 bits per heavy atom. The lowest BCUT2D eigenvalue weighted by atomic mass is 10.0. The third-order valence-electron chi connectivity index (χ3n) is 3.00. The first-order chi connectivity index (χ1) is 6.77. The van der Waals surface area contributed by atoms with Crippen LogP contribution in [0.3, 0.4) is 0 Å². The molecule has 0 saturated heterocycles. The Hall–Kier alpha value is -1.63. The van der Waals surface area contributed by atoms with E-state index in [4.69, 9.17) is 0 Å². The molecule has 68 valence electrons. The number of carbonyl (C=O) groups excluding carboxylic acids is 1. The summed E-state index contributed by atoms with van der Waals surface area (Å²) < 4.78 is 0. The largest absolute Gasteiger partial charge is 0.294 e. The molecule has 0 aromatic heterocycles. The van der Waals surface area contributed by atoms with E-state index in [2.05, 4.69) is 19.1 Å². The summed E-state index contributed by atoms with van der Waals surface area (Å²) in [4.78, 5) is 11.7. The molecule has 0 radical (unpaired) electrons. The quantitative estimate of drug-likeness (QED) is 0.612. The molecule has 1 aliphatic carbocycles. The van der Waals surface area contributed by atoms with Crippen LogP contribution in [-0.4, -0.2) is 5.78 Å². The van der Waals surface area contributed by atoms with Crippen molar-refractivity contribution in [3.05, 3.63) is 47.0 Å². The molecule has 0 fully saturated rings. The van der Waals surface area contributed by atoms with Gasteiger partial charge in [0.25, 0.3) is 0 Å². The molecule has 0 saturated carbocycles. The summed E-state index contributed by atoms with van der Waals surface area (Å²) in [5.41, 5.74) is 3.34. The zero-order chi connectivity index (χ0) is 9.71. The molecule has 0 atom stereocenters. The van der Waals surface area contributed by atoms with Crippen molar-refractivity contribution < 1.29 is 4.79 Å². The second-order valence-electron chi connectivity index (χ2n) is 3.87. The summed E-state index contributed by atoms with van der Waals surface area (Å²) in [6.45, 7) is 2.09. The van der Waals surface area contributed by atoms with E-state index in [1.54, 1.807) is 0 Å². The smallest absolute Gasteiger partial charge is 0.167 e. The molecule has 0 unspecified atom stereocenters. The molecule has 0 bridgehead atoms. The van der Waals surface area contributed by atoms with Crippen LogP contribution in [0.2, 0.25) is 0 Å². The molecule has 0 heterocycles. The molecule has 3 rings (SSSR count). The molecule has 0 amide bonds. The van der Waals surface area contributed by atoms with Crippen LogP contribution >= 0.6 is 0 Å². The highest BCUT2D eigenvalue weighted by molar-refractivity contribution is 6.16. The second kappa shape index (κ2) is 2.44. The summed E-state index contributed by atoms with van der Waals surface area (Å²) in [6.07, 6.45) is 0.579. The lowest BCUT2D eigenvalue weighted by molar-refractivity contribution is 0.1000. The summed E-state index contributed by atoms with van der Waals surface area (Å²) in [5.74, 6) is 0.260. The maximum Gasteiger partial charge on any atom is 0.167 e. The molecule has 0 N–H and O–H groups in total. The Labute approximate surface area is 82.4 Å². The number of carbonyl (C=O) groups is 1. The van der Waals surface area contributed by atoms with Crippen molar-refractivity contribution in [2.75, 3.05) is 0 Å². The number of benzene rings is 2. The molecule has 2 aromatic rings. The molecule has 1 heteroatoms. The highest BCUT2D eigenvalue weighted by Gasteiger charge is 2.21. The third-order valence-corrected chi connectivity index (χ3v) is 3.00. The standard InChI is InChI=1S/C13H10O/c1-8-5-6-11-12(14)7-9-3-2-4-10(8)13(9)11/h2-6H,7H2,1H3. The molecule has 1 aliphatic rings. The molecule has 0 aliphatic heterocycles. The SMILES string of the molecule is Cc1ccc2c3c(cccc13)CC2=O. The van der Waals surface area contributed by atoms with Crippen molar-refractivity contribution in [1.82, 2.24) is 0 Å². The van der Waals surface area contributed by atoms with Gasteiger partial charge >= 0.3 is 0 Å². The van der Waals surface area contributed by atoms with Crippen LogP contribution < -0.4 is 0 Å². The van der Waals surface area contributed by atoms with Crippen LogP contribution in [0.4, 0.5) is 0 Å². The lowest BCUT2D eigenvalue weighted by Crippen LogP contribution is -1.93. The lowest BCUT2D eigenvalue weighted by Gasteiger charge is -2.03. The van der Waals surface area contributed by atoms with Crippen LogP contribution in [0, 0.1) is 6.92 Å². The fourth-order valence-electron chi connectivity index (χ4n) is 2.28. The van der Waals surface area contributed by atoms with E-state index in [-0.39, 0.29) is 5.78 Å². The van der Waals surface area contributed by atoms with E-state index in [0.29, 0.717) is 6.42 Å². The first-order valence-electron chi connectivity index (χ1n) is 4.82. The maximum absolute atomic E-state index is 11.7. The third kappa shape index (κ3) is 0.818. The Morgan fingerprint density at radius 2 is 2.00 bits per heavy atom. The molecule has 2 aromatic carbocycles. The van der Waals surface area contributed by atoms with Crippen molar-refractivity contribution in [3.8, 4) is 0 Å². The van der Waals surface area contributed by atoms with Gasteiger partial charge in [-0.15, -0.1) is 0 Å². The van der Waals surface area contributed by atoms with Gasteiger partial charge in [-0.05, 0) is 28.8 Å². The van der Waals surface area contributed by atoms with Crippen LogP contribution in [0.1, 0.15) is 21.5 Å². The highest BCUT2D eigenvalue weighted by Crippen LogP contribution is 2.32. The van der Waals surface area contributed by atoms with Gasteiger partial charge in [-0.1, -0.05) is 30.3 Å². The zero-order valence-corrected chi connectivity index (χ0v) is 8.00. The molecule has 0 spiro atoms. The van der Waals surface area contributed by atoms with Gasteiger partial charge in [0, 0.05) is 12.0 Å². The van der Waals surface area contributed by atoms with E-state index >= 15 is 0 Å². The predicted molar refractivity (Wildman–Crippen MR) is 56.7 cm³/mol. The average Bonchev–Trinajstić information content (AvgIpc) is 2.50. The molecular weight excluding hydrogens is 172 g/mol. The van der Waals surface area contributed by atoms with Crippen molar-refractivity contribution in [3.63, 3.8) is 0 Å². The summed E-state index contributed by atoms with van der Waals surface area (Å²) in [6, 6.07) is 10.2. The highest BCUT2D eigenvalue weighted by atomic mass is 16.1. The van der Waals surface area contributed by atoms with Crippen LogP contribution in [0.5, 0.6) is 0 Å². The zero-order valence-electron chi connectivity index (χ0n) is 8.00. The summed E-state index contributed by atoms with van der Waals surface area (Å²) in [7, 11) is 0. The topological polar surface area (TPSA) is 17.1 Å². The van der Waals surface area contributed by atoms with Crippen molar-refractivity contribution in [1.29, 1.82) is 0 Å². The van der Waals surface area contributed by atoms with Gasteiger partial charge in [0.1, 0.15) is 0 Å². The molecule has 1 nitrogen and oxygen atoms in total. The minimum Gasteiger partial charge on any atom is -0.294 e. The van der Waals surface area contributed by atoms with Gasteiger partial charge in [0.15, 0.2) is 5.78 Å². The van der Waals surface area contributed by atoms with Gasteiger partial charge in [-0.3, -0.25) is 4.79 Å². The number of rotatable bonds is 0. The van der Waals surface area contributed by atoms with E-state index in [1.165, 1.54) is 21.9 Å². The van der Waals surface area contributed by atoms with Gasteiger partial charge in [-0.25, -0.2) is 0 Å². The van der Waals surface area contributed by atoms with Crippen molar-refractivity contribution in [2.45, 2.75) is 13.3 Å². The first-order valence-corrected chi connectivity index (χ1v) is 4.82. The van der Waals surface area contributed by atoms with Crippen LogP contribution in [0.25, 0.3) is 10.8 Å². The fraction of sp³-hybridized carbons (Fsp3) is 0.154. The molecule has 14 heavy (non-hydrogen) atoms. The van der Waals surface area contributed by atoms with E-state index < -0.39 is 0 Å². The summed E-state index contributed by atoms with van der Waals surface area (Å²) in [5, 5.41) is 2.41. The first kappa shape index (κ1) is 7.74. The molecular formula is C13H10O. The Kier molecular flexibility index (Phi) is 1.35. The Morgan fingerprint density at radius 1 is 1.14 bits per heavy atom. The van der Waals surface area contributed by atoms with Crippen molar-refractivity contribution in [2.24, 2.45) is 0 Å². The fourth-order valence-corrected chi connectivity index (χ4v) is 2.28. The predicted octanol–water partition coefficient (Wildman–Crippen LogP) is 2.89. The van der Waals surface area contributed by atoms with Gasteiger partial charge in [-0.2, -0.15) is 0 Å². The Bertz CT molecular complexity index is 552. The maximum atomic E-state index is 11.7. The number of aryl methyl sites for hydroxylation is 1. The van der Waals surface area contributed by atoms with E-state index in [0.717, 1.165) is 5.56 Å². The average molecular weight is 182 g/mol. The van der Waals surface area contributed by atoms with Crippen LogP contribution in [0.15, 0.2) is 30.3 Å². The number of hydrogen-bond acceptors (Lipinski definition) is 1. The van der Waals surface area contributed by atoms with E-state index in [9.17, 15) is 4.79 Å². The van der Waals surface area contributed by atoms with Gasteiger partial charge < -0.3 is 0 Å². The Balaban J connectivity index is 2.59. The van der Waals surface area contributed by atoms with Gasteiger partial charge in [0.2, 0.25) is 0 Å². The van der Waals surface area contributed by atoms with Crippen molar-refractivity contribution >= 4 is 16.6 Å². The summed E-state index contributed by atoms with van der Waals surface area (Å²) >= 11 is 0. The number of ketones is 1. The minimum absolute atomic E-state index is 0.260. The number of hydrogen-bond donors (Lipinski definition) is 0. The minimum atomic E-state index is 0.260. The van der Waals surface area contributed by atoms with E-state index in [1.807, 2.05) is 18.2 Å². The normalized spacial score (nSPS) is 13.9. The second-order valence-corrected chi connectivity index (χ2v) is 3.87. The van der Waals surface area contributed by atoms with Crippen LogP contribution in [-0.2, 0) is 6.42 Å². The van der Waals surface area contributed by atoms with Gasteiger partial charge in [0.05, 0.1) is 0 Å².